The summed E-state index contributed by atoms with van der Waals surface area (Å²) in [6.07, 6.45) is -4.50. The molecule has 0 aromatic heterocycles. The number of aliphatic hydroxyl groups excluding tert-OH is 2. The van der Waals surface area contributed by atoms with E-state index in [1.54, 1.807) is 23.1 Å². The van der Waals surface area contributed by atoms with Gasteiger partial charge in [0.05, 0.1) is 31.3 Å². The molecule has 0 radical (unpaired) electrons. The summed E-state index contributed by atoms with van der Waals surface area (Å²) in [6, 6.07) is 6.13. The minimum atomic E-state index is -1.27. The Labute approximate surface area is 221 Å². The second-order valence-corrected chi connectivity index (χ2v) is 10.7. The molecule has 38 heavy (non-hydrogen) atoms. The van der Waals surface area contributed by atoms with Gasteiger partial charge in [0.25, 0.3) is 0 Å². The van der Waals surface area contributed by atoms with Gasteiger partial charge in [0, 0.05) is 57.8 Å². The number of fused-ring (bicyclic) bond motifs is 6. The third-order valence-electron chi connectivity index (χ3n) is 7.99. The van der Waals surface area contributed by atoms with E-state index < -0.39 is 36.6 Å². The van der Waals surface area contributed by atoms with E-state index in [0.29, 0.717) is 44.8 Å². The van der Waals surface area contributed by atoms with Crippen LogP contribution in [0, 0.1) is 0 Å². The van der Waals surface area contributed by atoms with E-state index in [0.717, 1.165) is 0 Å². The highest BCUT2D eigenvalue weighted by Crippen LogP contribution is 2.28. The molecule has 4 aliphatic rings. The summed E-state index contributed by atoms with van der Waals surface area (Å²) in [5.74, 6) is -0.552. The fourth-order valence-corrected chi connectivity index (χ4v) is 5.95. The molecule has 4 fully saturated rings. The predicted molar refractivity (Wildman–Crippen MR) is 133 cm³/mol. The van der Waals surface area contributed by atoms with Crippen LogP contribution in [0.2, 0.25) is 0 Å². The lowest BCUT2D eigenvalue weighted by Crippen LogP contribution is -2.55. The molecule has 1 aromatic rings. The summed E-state index contributed by atoms with van der Waals surface area (Å²) >= 11 is 0. The number of hydrogen-bond donors (Lipinski definition) is 4. The number of phenols is 1. The van der Waals surface area contributed by atoms with E-state index in [1.165, 1.54) is 11.8 Å². The fourth-order valence-electron chi connectivity index (χ4n) is 5.95. The lowest BCUT2D eigenvalue weighted by atomic mass is 10.0. The van der Waals surface area contributed by atoms with Crippen LogP contribution in [-0.2, 0) is 30.4 Å². The van der Waals surface area contributed by atoms with Gasteiger partial charge in [-0.15, -0.1) is 0 Å². The topological polar surface area (TPSA) is 152 Å². The Balaban J connectivity index is 1.41. The van der Waals surface area contributed by atoms with Gasteiger partial charge in [0.1, 0.15) is 24.1 Å². The highest BCUT2D eigenvalue weighted by atomic mass is 16.5. The molecular weight excluding hydrogens is 496 g/mol. The van der Waals surface area contributed by atoms with Crippen molar-refractivity contribution in [2.45, 2.75) is 68.9 Å². The SMILES string of the molecule is CC(=O)N1C[C@@H]2CN(CCO2)C(=O)[C@@H]2C[C@@H](CN2Cc2ccccc2O)NC(=O)C[C@@H]2O[C@H](C1)[C@@H](O)[C@H]2O. The number of rotatable bonds is 2. The molecule has 12 nitrogen and oxygen atoms in total. The van der Waals surface area contributed by atoms with E-state index in [2.05, 4.69) is 5.32 Å². The molecule has 4 N–H and O–H groups in total. The van der Waals surface area contributed by atoms with Crippen molar-refractivity contribution in [3.05, 3.63) is 29.8 Å². The first-order valence-corrected chi connectivity index (χ1v) is 13.2. The number of benzene rings is 1. The maximum Gasteiger partial charge on any atom is 0.240 e. The maximum absolute atomic E-state index is 13.8. The monoisotopic (exact) mass is 532 g/mol. The number of likely N-dealkylation sites (tertiary alicyclic amines) is 1. The first-order chi connectivity index (χ1) is 18.2. The Morgan fingerprint density at radius 2 is 1.84 bits per heavy atom. The highest BCUT2D eigenvalue weighted by Gasteiger charge is 2.46. The molecule has 3 amide bonds. The van der Waals surface area contributed by atoms with Gasteiger partial charge in [-0.25, -0.2) is 0 Å². The lowest BCUT2D eigenvalue weighted by Gasteiger charge is -2.38. The van der Waals surface area contributed by atoms with Gasteiger partial charge in [-0.1, -0.05) is 18.2 Å². The van der Waals surface area contributed by atoms with Gasteiger partial charge in [-0.3, -0.25) is 19.3 Å². The van der Waals surface area contributed by atoms with Gasteiger partial charge < -0.3 is 39.9 Å². The van der Waals surface area contributed by atoms with Crippen LogP contribution in [0.25, 0.3) is 0 Å². The summed E-state index contributed by atoms with van der Waals surface area (Å²) in [5.41, 5.74) is 0.683. The third-order valence-corrected chi connectivity index (χ3v) is 7.99. The summed E-state index contributed by atoms with van der Waals surface area (Å²) in [4.78, 5) is 44.3. The second-order valence-electron chi connectivity index (χ2n) is 10.7. The van der Waals surface area contributed by atoms with Crippen LogP contribution in [0.4, 0.5) is 0 Å². The molecule has 6 bridgehead atoms. The molecule has 208 valence electrons. The van der Waals surface area contributed by atoms with Gasteiger partial charge in [0.15, 0.2) is 0 Å². The van der Waals surface area contributed by atoms with Crippen molar-refractivity contribution in [3.8, 4) is 5.75 Å². The molecule has 4 aliphatic heterocycles. The first kappa shape index (κ1) is 26.8. The molecular formula is C26H36N4O8. The maximum atomic E-state index is 13.8. The van der Waals surface area contributed by atoms with Crippen LogP contribution >= 0.6 is 0 Å². The number of hydrogen-bond acceptors (Lipinski definition) is 9. The van der Waals surface area contributed by atoms with Crippen LogP contribution in [0.5, 0.6) is 5.75 Å². The standard InChI is InChI=1S/C26H36N4O8/c1-15(31)29-13-18-12-28(6-7-37-18)26(36)19-8-17(11-30(19)10-16-4-2-3-5-20(16)32)27-23(33)9-21-24(34)25(35)22(14-29)38-21/h2-5,17-19,21-22,24-25,32,34-35H,6-14H2,1H3,(H,27,33)/t17-,18-,19-,21-,22+,24-,25+/m0/s1. The van der Waals surface area contributed by atoms with Crippen molar-refractivity contribution in [3.63, 3.8) is 0 Å². The molecule has 1 aromatic carbocycles. The number of morpholine rings is 1. The molecule has 0 unspecified atom stereocenters. The predicted octanol–water partition coefficient (Wildman–Crippen LogP) is -1.58. The Bertz CT molecular complexity index is 1060. The van der Waals surface area contributed by atoms with E-state index in [4.69, 9.17) is 9.47 Å². The van der Waals surface area contributed by atoms with Gasteiger partial charge in [-0.2, -0.15) is 0 Å². The molecule has 4 saturated heterocycles. The van der Waals surface area contributed by atoms with E-state index >= 15 is 0 Å². The third kappa shape index (κ3) is 5.64. The number of phenolic OH excluding ortho intramolecular Hbond substituents is 1. The summed E-state index contributed by atoms with van der Waals surface area (Å²) < 4.78 is 11.7. The van der Waals surface area contributed by atoms with Gasteiger partial charge in [0.2, 0.25) is 17.7 Å². The largest absolute Gasteiger partial charge is 0.508 e. The van der Waals surface area contributed by atoms with Crippen LogP contribution < -0.4 is 5.32 Å². The average Bonchev–Trinajstić information content (AvgIpc) is 3.39. The molecule has 12 heteroatoms. The van der Waals surface area contributed by atoms with Crippen LogP contribution in [0.15, 0.2) is 24.3 Å². The van der Waals surface area contributed by atoms with Gasteiger partial charge >= 0.3 is 0 Å². The zero-order valence-electron chi connectivity index (χ0n) is 21.4. The first-order valence-electron chi connectivity index (χ1n) is 13.2. The number of para-hydroxylation sites is 1. The quantitative estimate of drug-likeness (QED) is 0.354. The summed E-state index contributed by atoms with van der Waals surface area (Å²) in [6.45, 7) is 3.38. The normalized spacial score (nSPS) is 34.9. The molecule has 0 aliphatic carbocycles. The lowest BCUT2D eigenvalue weighted by molar-refractivity contribution is -0.146. The van der Waals surface area contributed by atoms with E-state index in [1.807, 2.05) is 11.0 Å². The number of nitrogens with zero attached hydrogens (tertiary/aromatic N) is 3. The second kappa shape index (κ2) is 11.1. The van der Waals surface area contributed by atoms with Crippen LogP contribution in [0.3, 0.4) is 0 Å². The Kier molecular flexibility index (Phi) is 7.87. The number of carbonyl (C=O) groups is 3. The molecule has 7 atom stereocenters. The molecule has 0 spiro atoms. The van der Waals surface area contributed by atoms with E-state index in [9.17, 15) is 29.7 Å². The number of nitrogens with one attached hydrogen (secondary N) is 1. The van der Waals surface area contributed by atoms with Crippen molar-refractivity contribution in [2.24, 2.45) is 0 Å². The molecule has 4 heterocycles. The number of ether oxygens (including phenoxy) is 2. The Hall–Kier alpha value is -2.77. The Morgan fingerprint density at radius 3 is 2.61 bits per heavy atom. The zero-order valence-corrected chi connectivity index (χ0v) is 21.4. The minimum absolute atomic E-state index is 0.0269. The molecule has 0 saturated carbocycles. The van der Waals surface area contributed by atoms with Crippen molar-refractivity contribution in [1.82, 2.24) is 20.0 Å². The number of carbonyl (C=O) groups excluding carboxylic acids is 3. The zero-order chi connectivity index (χ0) is 27.0. The summed E-state index contributed by atoms with van der Waals surface area (Å²) in [7, 11) is 0. The number of amides is 3. The average molecular weight is 533 g/mol. The fraction of sp³-hybridized carbons (Fsp3) is 0.654. The van der Waals surface area contributed by atoms with E-state index in [-0.39, 0.29) is 49.0 Å². The van der Waals surface area contributed by atoms with Crippen molar-refractivity contribution in [2.75, 3.05) is 39.3 Å². The smallest absolute Gasteiger partial charge is 0.240 e. The van der Waals surface area contributed by atoms with Crippen LogP contribution in [0.1, 0.15) is 25.3 Å². The number of aromatic hydroxyl groups is 1. The molecule has 5 rings (SSSR count). The van der Waals surface area contributed by atoms with Crippen molar-refractivity contribution < 1.29 is 39.2 Å². The van der Waals surface area contributed by atoms with Crippen molar-refractivity contribution in [1.29, 1.82) is 0 Å². The summed E-state index contributed by atoms with van der Waals surface area (Å²) in [5, 5.41) is 34.4. The number of aliphatic hydroxyl groups is 2. The van der Waals surface area contributed by atoms with Crippen LogP contribution in [-0.4, -0.2) is 130 Å². The van der Waals surface area contributed by atoms with Gasteiger partial charge in [-0.05, 0) is 12.5 Å². The Morgan fingerprint density at radius 1 is 1.08 bits per heavy atom. The minimum Gasteiger partial charge on any atom is -0.508 e. The highest BCUT2D eigenvalue weighted by molar-refractivity contribution is 5.83. The van der Waals surface area contributed by atoms with Crippen molar-refractivity contribution >= 4 is 17.7 Å².